The van der Waals surface area contributed by atoms with Crippen LogP contribution in [-0.4, -0.2) is 6.54 Å². The van der Waals surface area contributed by atoms with E-state index in [1.54, 1.807) is 0 Å². The number of hydrogen-bond donors (Lipinski definition) is 1. The molecule has 5 unspecified atom stereocenters. The van der Waals surface area contributed by atoms with Gasteiger partial charge in [-0.15, -0.1) is 0 Å². The Bertz CT molecular complexity index is 238. The summed E-state index contributed by atoms with van der Waals surface area (Å²) in [6, 6.07) is 0. The molecule has 2 saturated carbocycles. The molecule has 0 amide bonds. The van der Waals surface area contributed by atoms with Gasteiger partial charge in [-0.25, -0.2) is 0 Å². The van der Waals surface area contributed by atoms with Gasteiger partial charge in [0.25, 0.3) is 0 Å². The van der Waals surface area contributed by atoms with Gasteiger partial charge in [0.15, 0.2) is 0 Å². The van der Waals surface area contributed by atoms with Gasteiger partial charge in [0.1, 0.15) is 0 Å². The smallest absolute Gasteiger partial charge is 0.00461 e. The molecule has 2 fully saturated rings. The topological polar surface area (TPSA) is 26.0 Å². The molecule has 0 saturated heterocycles. The van der Waals surface area contributed by atoms with Gasteiger partial charge in [-0.05, 0) is 55.4 Å². The molecule has 0 spiro atoms. The second-order valence-corrected chi connectivity index (χ2v) is 6.86. The lowest BCUT2D eigenvalue weighted by molar-refractivity contribution is 0.0593. The van der Waals surface area contributed by atoms with Crippen molar-refractivity contribution in [1.82, 2.24) is 0 Å². The Balaban J connectivity index is 2.05. The van der Waals surface area contributed by atoms with Gasteiger partial charge in [0, 0.05) is 0 Å². The van der Waals surface area contributed by atoms with Crippen molar-refractivity contribution in [3.05, 3.63) is 0 Å². The SMILES string of the molecule is CCC1CCC(CN)C(C2CCCCC2CC)C1. The van der Waals surface area contributed by atoms with Crippen molar-refractivity contribution < 1.29 is 0 Å². The van der Waals surface area contributed by atoms with Crippen molar-refractivity contribution in [2.24, 2.45) is 35.3 Å². The normalized spacial score (nSPS) is 41.8. The van der Waals surface area contributed by atoms with Crippen LogP contribution >= 0.6 is 0 Å². The molecule has 2 rings (SSSR count). The van der Waals surface area contributed by atoms with E-state index in [-0.39, 0.29) is 0 Å². The van der Waals surface area contributed by atoms with Crippen LogP contribution in [0, 0.1) is 29.6 Å². The van der Waals surface area contributed by atoms with Gasteiger partial charge in [-0.1, -0.05) is 52.4 Å². The van der Waals surface area contributed by atoms with E-state index in [0.29, 0.717) is 0 Å². The van der Waals surface area contributed by atoms with Crippen molar-refractivity contribution >= 4 is 0 Å². The summed E-state index contributed by atoms with van der Waals surface area (Å²) in [5.74, 6) is 4.81. The van der Waals surface area contributed by atoms with E-state index in [0.717, 1.165) is 36.1 Å². The Kier molecular flexibility index (Phi) is 5.54. The Labute approximate surface area is 114 Å². The van der Waals surface area contributed by atoms with Gasteiger partial charge in [0.05, 0.1) is 0 Å². The molecule has 0 aliphatic heterocycles. The Morgan fingerprint density at radius 3 is 2.28 bits per heavy atom. The van der Waals surface area contributed by atoms with E-state index in [1.807, 2.05) is 0 Å². The third-order valence-corrected chi connectivity index (χ3v) is 6.08. The first-order valence-electron chi connectivity index (χ1n) is 8.50. The second-order valence-electron chi connectivity index (χ2n) is 6.86. The third-order valence-electron chi connectivity index (χ3n) is 6.08. The Morgan fingerprint density at radius 1 is 0.833 bits per heavy atom. The van der Waals surface area contributed by atoms with Crippen molar-refractivity contribution in [3.8, 4) is 0 Å². The van der Waals surface area contributed by atoms with E-state index >= 15 is 0 Å². The molecule has 2 aliphatic rings. The molecule has 5 atom stereocenters. The summed E-state index contributed by atoms with van der Waals surface area (Å²) in [5, 5.41) is 0. The molecule has 106 valence electrons. The van der Waals surface area contributed by atoms with E-state index in [4.69, 9.17) is 5.73 Å². The van der Waals surface area contributed by atoms with Gasteiger partial charge in [0.2, 0.25) is 0 Å². The highest BCUT2D eigenvalue weighted by Crippen LogP contribution is 2.46. The van der Waals surface area contributed by atoms with Crippen LogP contribution in [0.3, 0.4) is 0 Å². The van der Waals surface area contributed by atoms with Gasteiger partial charge in [-0.2, -0.15) is 0 Å². The molecule has 2 N–H and O–H groups in total. The molecule has 0 aromatic heterocycles. The summed E-state index contributed by atoms with van der Waals surface area (Å²) >= 11 is 0. The molecule has 2 aliphatic carbocycles. The minimum Gasteiger partial charge on any atom is -0.330 e. The van der Waals surface area contributed by atoms with Gasteiger partial charge < -0.3 is 5.73 Å². The molecule has 0 bridgehead atoms. The average Bonchev–Trinajstić information content (AvgIpc) is 2.46. The van der Waals surface area contributed by atoms with E-state index in [2.05, 4.69) is 13.8 Å². The Hall–Kier alpha value is -0.0400. The average molecular weight is 251 g/mol. The van der Waals surface area contributed by atoms with Crippen molar-refractivity contribution in [1.29, 1.82) is 0 Å². The predicted molar refractivity (Wildman–Crippen MR) is 79.4 cm³/mol. The fraction of sp³-hybridized carbons (Fsp3) is 1.00. The van der Waals surface area contributed by atoms with E-state index < -0.39 is 0 Å². The minimum absolute atomic E-state index is 0.838. The first-order chi connectivity index (χ1) is 8.80. The fourth-order valence-corrected chi connectivity index (χ4v) is 4.85. The van der Waals surface area contributed by atoms with Crippen molar-refractivity contribution in [3.63, 3.8) is 0 Å². The number of rotatable bonds is 4. The maximum Gasteiger partial charge on any atom is -0.00461 e. The highest BCUT2D eigenvalue weighted by molar-refractivity contribution is 4.89. The first kappa shape index (κ1) is 14.4. The Morgan fingerprint density at radius 2 is 1.61 bits per heavy atom. The molecule has 0 heterocycles. The number of nitrogens with two attached hydrogens (primary N) is 1. The largest absolute Gasteiger partial charge is 0.330 e. The summed E-state index contributed by atoms with van der Waals surface area (Å²) in [7, 11) is 0. The summed E-state index contributed by atoms with van der Waals surface area (Å²) in [6.45, 7) is 5.72. The minimum atomic E-state index is 0.838. The predicted octanol–water partition coefficient (Wildman–Crippen LogP) is 4.60. The van der Waals surface area contributed by atoms with Crippen LogP contribution in [0.1, 0.15) is 71.6 Å². The molecule has 1 nitrogen and oxygen atoms in total. The van der Waals surface area contributed by atoms with E-state index in [9.17, 15) is 0 Å². The zero-order valence-electron chi connectivity index (χ0n) is 12.5. The van der Waals surface area contributed by atoms with Gasteiger partial charge >= 0.3 is 0 Å². The van der Waals surface area contributed by atoms with Crippen LogP contribution in [0.4, 0.5) is 0 Å². The third kappa shape index (κ3) is 3.10. The van der Waals surface area contributed by atoms with Crippen LogP contribution in [-0.2, 0) is 0 Å². The van der Waals surface area contributed by atoms with Crippen LogP contribution in [0.25, 0.3) is 0 Å². The number of hydrogen-bond acceptors (Lipinski definition) is 1. The highest BCUT2D eigenvalue weighted by Gasteiger charge is 2.38. The molecule has 0 radical (unpaired) electrons. The van der Waals surface area contributed by atoms with Crippen LogP contribution < -0.4 is 5.73 Å². The highest BCUT2D eigenvalue weighted by atomic mass is 14.6. The standard InChI is InChI=1S/C17H33N/c1-3-13-9-10-15(12-18)17(11-13)16-8-6-5-7-14(16)4-2/h13-17H,3-12,18H2,1-2H3. The van der Waals surface area contributed by atoms with Gasteiger partial charge in [-0.3, -0.25) is 0 Å². The summed E-state index contributed by atoms with van der Waals surface area (Å²) in [5.41, 5.74) is 6.07. The van der Waals surface area contributed by atoms with Crippen LogP contribution in [0.2, 0.25) is 0 Å². The van der Waals surface area contributed by atoms with E-state index in [1.165, 1.54) is 57.8 Å². The fourth-order valence-electron chi connectivity index (χ4n) is 4.85. The van der Waals surface area contributed by atoms with Crippen LogP contribution in [0.5, 0.6) is 0 Å². The lowest BCUT2D eigenvalue weighted by atomic mass is 9.61. The lowest BCUT2D eigenvalue weighted by Gasteiger charge is -2.45. The zero-order valence-corrected chi connectivity index (χ0v) is 12.5. The second kappa shape index (κ2) is 6.93. The summed E-state index contributed by atoms with van der Waals surface area (Å²) in [6.07, 6.45) is 13.1. The molecular weight excluding hydrogens is 218 g/mol. The van der Waals surface area contributed by atoms with Crippen LogP contribution in [0.15, 0.2) is 0 Å². The molecule has 1 heteroatoms. The lowest BCUT2D eigenvalue weighted by Crippen LogP contribution is -2.38. The zero-order chi connectivity index (χ0) is 13.0. The molecule has 18 heavy (non-hydrogen) atoms. The monoisotopic (exact) mass is 251 g/mol. The molecular formula is C17H33N. The summed E-state index contributed by atoms with van der Waals surface area (Å²) < 4.78 is 0. The van der Waals surface area contributed by atoms with Crippen molar-refractivity contribution in [2.75, 3.05) is 6.54 Å². The molecule has 0 aromatic carbocycles. The quantitative estimate of drug-likeness (QED) is 0.776. The summed E-state index contributed by atoms with van der Waals surface area (Å²) in [4.78, 5) is 0. The first-order valence-corrected chi connectivity index (χ1v) is 8.50. The maximum atomic E-state index is 6.07. The molecule has 0 aromatic rings. The van der Waals surface area contributed by atoms with Crippen molar-refractivity contribution in [2.45, 2.75) is 71.6 Å². The maximum absolute atomic E-state index is 6.07.